The van der Waals surface area contributed by atoms with Crippen LogP contribution in [0.3, 0.4) is 0 Å². The van der Waals surface area contributed by atoms with E-state index < -0.39 is 5.97 Å². The van der Waals surface area contributed by atoms with Gasteiger partial charge in [-0.2, -0.15) is 5.10 Å². The Morgan fingerprint density at radius 3 is 2.80 bits per heavy atom. The zero-order valence-electron chi connectivity index (χ0n) is 10.1. The molecule has 0 fully saturated rings. The zero-order valence-corrected chi connectivity index (χ0v) is 10.9. The molecule has 0 atom stereocenters. The third kappa shape index (κ3) is 3.55. The van der Waals surface area contributed by atoms with Gasteiger partial charge in [0.25, 0.3) is 0 Å². The molecular formula is C14H9ClFN2O2-. The van der Waals surface area contributed by atoms with Crippen LogP contribution in [-0.2, 0) is 0 Å². The Morgan fingerprint density at radius 1 is 1.30 bits per heavy atom. The lowest BCUT2D eigenvalue weighted by molar-refractivity contribution is -0.255. The van der Waals surface area contributed by atoms with E-state index in [0.717, 1.165) is 0 Å². The molecule has 2 aromatic carbocycles. The van der Waals surface area contributed by atoms with Crippen LogP contribution in [0.15, 0.2) is 47.6 Å². The van der Waals surface area contributed by atoms with E-state index in [4.69, 9.17) is 11.6 Å². The Kier molecular flexibility index (Phi) is 4.32. The molecule has 0 aliphatic carbocycles. The predicted octanol–water partition coefficient (Wildman–Crippen LogP) is 2.29. The van der Waals surface area contributed by atoms with Crippen LogP contribution in [0.1, 0.15) is 15.9 Å². The Bertz CT molecular complexity index is 674. The molecule has 0 bridgehead atoms. The molecule has 6 heteroatoms. The molecule has 0 aliphatic rings. The molecule has 2 aromatic rings. The fourth-order valence-electron chi connectivity index (χ4n) is 1.50. The van der Waals surface area contributed by atoms with Crippen molar-refractivity contribution in [3.8, 4) is 0 Å². The number of carboxylic acid groups (broad SMARTS) is 1. The first-order valence-corrected chi connectivity index (χ1v) is 5.99. The molecular weight excluding hydrogens is 283 g/mol. The van der Waals surface area contributed by atoms with Crippen molar-refractivity contribution in [3.05, 3.63) is 64.4 Å². The summed E-state index contributed by atoms with van der Waals surface area (Å²) in [4.78, 5) is 10.7. The largest absolute Gasteiger partial charge is 0.545 e. The average molecular weight is 292 g/mol. The van der Waals surface area contributed by atoms with Crippen molar-refractivity contribution in [1.82, 2.24) is 0 Å². The van der Waals surface area contributed by atoms with E-state index in [0.29, 0.717) is 16.3 Å². The van der Waals surface area contributed by atoms with Gasteiger partial charge in [-0.05, 0) is 35.4 Å². The summed E-state index contributed by atoms with van der Waals surface area (Å²) in [6, 6.07) is 9.93. The summed E-state index contributed by atoms with van der Waals surface area (Å²) < 4.78 is 12.9. The predicted molar refractivity (Wildman–Crippen MR) is 73.4 cm³/mol. The lowest BCUT2D eigenvalue weighted by Crippen LogP contribution is -2.22. The van der Waals surface area contributed by atoms with Crippen molar-refractivity contribution in [2.24, 2.45) is 5.10 Å². The highest BCUT2D eigenvalue weighted by molar-refractivity contribution is 6.33. The topological polar surface area (TPSA) is 64.5 Å². The highest BCUT2D eigenvalue weighted by atomic mass is 35.5. The fourth-order valence-corrected chi connectivity index (χ4v) is 1.66. The van der Waals surface area contributed by atoms with Crippen molar-refractivity contribution < 1.29 is 14.3 Å². The SMILES string of the molecule is O=C([O-])c1ccc(Cl)c(N/N=C\c2cccc(F)c2)c1. The van der Waals surface area contributed by atoms with Gasteiger partial charge in [-0.3, -0.25) is 5.43 Å². The number of hydrazone groups is 1. The maximum atomic E-state index is 12.9. The summed E-state index contributed by atoms with van der Waals surface area (Å²) in [5.74, 6) is -1.68. The number of hydrogen-bond donors (Lipinski definition) is 1. The van der Waals surface area contributed by atoms with Gasteiger partial charge in [0, 0.05) is 0 Å². The number of carbonyl (C=O) groups excluding carboxylic acids is 1. The second kappa shape index (κ2) is 6.16. The number of nitrogens with zero attached hydrogens (tertiary/aromatic N) is 1. The molecule has 0 heterocycles. The van der Waals surface area contributed by atoms with Gasteiger partial charge in [0.05, 0.1) is 22.9 Å². The molecule has 0 saturated carbocycles. The smallest absolute Gasteiger partial charge is 0.123 e. The Hall–Kier alpha value is -2.40. The third-order valence-corrected chi connectivity index (χ3v) is 2.78. The second-order valence-electron chi connectivity index (χ2n) is 3.91. The Labute approximate surface area is 119 Å². The van der Waals surface area contributed by atoms with E-state index in [1.54, 1.807) is 12.1 Å². The number of aromatic carboxylic acids is 1. The summed E-state index contributed by atoms with van der Waals surface area (Å²) in [7, 11) is 0. The number of hydrogen-bond acceptors (Lipinski definition) is 4. The molecule has 0 aliphatic heterocycles. The van der Waals surface area contributed by atoms with Crippen LogP contribution in [0, 0.1) is 5.82 Å². The van der Waals surface area contributed by atoms with E-state index in [9.17, 15) is 14.3 Å². The first-order valence-electron chi connectivity index (χ1n) is 5.62. The summed E-state index contributed by atoms with van der Waals surface area (Å²) in [5, 5.41) is 14.9. The van der Waals surface area contributed by atoms with Crippen molar-refractivity contribution in [2.45, 2.75) is 0 Å². The second-order valence-corrected chi connectivity index (χ2v) is 4.31. The van der Waals surface area contributed by atoms with E-state index in [1.165, 1.54) is 36.5 Å². The van der Waals surface area contributed by atoms with Gasteiger partial charge in [0.15, 0.2) is 0 Å². The first kappa shape index (κ1) is 14.0. The van der Waals surface area contributed by atoms with Gasteiger partial charge < -0.3 is 9.90 Å². The van der Waals surface area contributed by atoms with Gasteiger partial charge in [-0.15, -0.1) is 0 Å². The van der Waals surface area contributed by atoms with Crippen LogP contribution in [-0.4, -0.2) is 12.2 Å². The van der Waals surface area contributed by atoms with Gasteiger partial charge in [0.1, 0.15) is 5.82 Å². The summed E-state index contributed by atoms with van der Waals surface area (Å²) in [6.07, 6.45) is 1.39. The fraction of sp³-hybridized carbons (Fsp3) is 0. The lowest BCUT2D eigenvalue weighted by atomic mass is 10.2. The number of nitrogens with one attached hydrogen (secondary N) is 1. The van der Waals surface area contributed by atoms with E-state index in [2.05, 4.69) is 10.5 Å². The number of benzene rings is 2. The lowest BCUT2D eigenvalue weighted by Gasteiger charge is -2.07. The number of carboxylic acids is 1. The minimum atomic E-state index is -1.31. The third-order valence-electron chi connectivity index (χ3n) is 2.45. The first-order chi connectivity index (χ1) is 9.56. The molecule has 20 heavy (non-hydrogen) atoms. The monoisotopic (exact) mass is 291 g/mol. The highest BCUT2D eigenvalue weighted by Crippen LogP contribution is 2.22. The van der Waals surface area contributed by atoms with Crippen molar-refractivity contribution in [3.63, 3.8) is 0 Å². The number of halogens is 2. The molecule has 0 aromatic heterocycles. The average Bonchev–Trinajstić information content (AvgIpc) is 2.40. The molecule has 1 N–H and O–H groups in total. The van der Waals surface area contributed by atoms with Crippen LogP contribution in [0.4, 0.5) is 10.1 Å². The quantitative estimate of drug-likeness (QED) is 0.694. The van der Waals surface area contributed by atoms with Gasteiger partial charge in [0.2, 0.25) is 0 Å². The minimum absolute atomic E-state index is 0.0159. The van der Waals surface area contributed by atoms with E-state index >= 15 is 0 Å². The molecule has 0 radical (unpaired) electrons. The summed E-state index contributed by atoms with van der Waals surface area (Å²) >= 11 is 5.90. The molecule has 2 rings (SSSR count). The standard InChI is InChI=1S/C14H10ClFN2O2/c15-12-5-4-10(14(19)20)7-13(12)18-17-8-9-2-1-3-11(16)6-9/h1-8,18H,(H,19,20)/p-1/b17-8-. The van der Waals surface area contributed by atoms with Crippen LogP contribution in [0.25, 0.3) is 0 Å². The van der Waals surface area contributed by atoms with Crippen molar-refractivity contribution >= 4 is 29.5 Å². The minimum Gasteiger partial charge on any atom is -0.545 e. The molecule has 102 valence electrons. The molecule has 0 saturated heterocycles. The van der Waals surface area contributed by atoms with E-state index in [-0.39, 0.29) is 11.4 Å². The maximum Gasteiger partial charge on any atom is 0.123 e. The summed E-state index contributed by atoms with van der Waals surface area (Å²) in [6.45, 7) is 0. The van der Waals surface area contributed by atoms with Crippen molar-refractivity contribution in [1.29, 1.82) is 0 Å². The van der Waals surface area contributed by atoms with Crippen LogP contribution >= 0.6 is 11.6 Å². The van der Waals surface area contributed by atoms with Gasteiger partial charge in [-0.1, -0.05) is 29.8 Å². The molecule has 0 amide bonds. The molecule has 0 spiro atoms. The number of rotatable bonds is 4. The maximum absolute atomic E-state index is 12.9. The van der Waals surface area contributed by atoms with E-state index in [1.807, 2.05) is 0 Å². The van der Waals surface area contributed by atoms with Crippen LogP contribution in [0.2, 0.25) is 5.02 Å². The van der Waals surface area contributed by atoms with Crippen molar-refractivity contribution in [2.75, 3.05) is 5.43 Å². The number of anilines is 1. The summed E-state index contributed by atoms with van der Waals surface area (Å²) in [5.41, 5.74) is 3.46. The van der Waals surface area contributed by atoms with Gasteiger partial charge in [-0.25, -0.2) is 4.39 Å². The number of carbonyl (C=O) groups is 1. The normalized spacial score (nSPS) is 10.7. The van der Waals surface area contributed by atoms with Crippen LogP contribution in [0.5, 0.6) is 0 Å². The van der Waals surface area contributed by atoms with Crippen LogP contribution < -0.4 is 10.5 Å². The Balaban J connectivity index is 2.14. The molecule has 4 nitrogen and oxygen atoms in total. The Morgan fingerprint density at radius 2 is 2.10 bits per heavy atom. The van der Waals surface area contributed by atoms with Gasteiger partial charge >= 0.3 is 0 Å². The molecule has 0 unspecified atom stereocenters. The highest BCUT2D eigenvalue weighted by Gasteiger charge is 2.01. The zero-order chi connectivity index (χ0) is 14.5.